The van der Waals surface area contributed by atoms with Crippen molar-refractivity contribution in [3.05, 3.63) is 394 Å². The summed E-state index contributed by atoms with van der Waals surface area (Å²) < 4.78 is 3.50. The van der Waals surface area contributed by atoms with Crippen LogP contribution in [0.2, 0.25) is 0 Å². The lowest BCUT2D eigenvalue weighted by Gasteiger charge is -2.19. The number of aryl methyl sites for hydroxylation is 8. The van der Waals surface area contributed by atoms with Gasteiger partial charge in [-0.1, -0.05) is 229 Å². The van der Waals surface area contributed by atoms with Gasteiger partial charge in [-0.25, -0.2) is 9.97 Å². The van der Waals surface area contributed by atoms with E-state index in [4.69, 9.17) is 0 Å². The Balaban J connectivity index is 0.000000142. The Morgan fingerprint density at radius 2 is 0.645 bits per heavy atom. The van der Waals surface area contributed by atoms with Crippen molar-refractivity contribution in [1.29, 1.82) is 0 Å². The lowest BCUT2D eigenvalue weighted by atomic mass is 10.0. The van der Waals surface area contributed by atoms with E-state index in [0.29, 0.717) is 36.6 Å². The first-order valence-corrected chi connectivity index (χ1v) is 42.8. The highest BCUT2D eigenvalue weighted by Crippen LogP contribution is 2.40. The molecule has 20 heteroatoms. The predicted octanol–water partition coefficient (Wildman–Crippen LogP) is 18.8. The summed E-state index contributed by atoms with van der Waals surface area (Å²) in [5, 5.41) is 34.1. The zero-order chi connectivity index (χ0) is 86.5. The van der Waals surface area contributed by atoms with Gasteiger partial charge >= 0.3 is 0 Å². The zero-order valence-corrected chi connectivity index (χ0v) is 72.0. The third kappa shape index (κ3) is 26.8. The predicted molar refractivity (Wildman–Crippen MR) is 498 cm³/mol. The fourth-order valence-electron chi connectivity index (χ4n) is 14.7. The summed E-state index contributed by atoms with van der Waals surface area (Å²) in [6, 6.07) is 83.0. The van der Waals surface area contributed by atoms with E-state index in [1.807, 2.05) is 196 Å². The Bertz CT molecular complexity index is 5360. The van der Waals surface area contributed by atoms with Gasteiger partial charge in [0.15, 0.2) is 0 Å². The van der Waals surface area contributed by atoms with Crippen molar-refractivity contribution in [2.24, 2.45) is 14.1 Å². The number of anilines is 4. The second-order valence-electron chi connectivity index (χ2n) is 32.1. The summed E-state index contributed by atoms with van der Waals surface area (Å²) in [5.74, 6) is 1.85. The standard InChI is InChI=1S/2C27H29N5O.2C25H27N3O/c2*1-19-9-10-21(20(2)15-19)13-14-28-26(22-7-5-4-6-8-22)27(33)31-25-12-11-23(16-29-25)24-17-30-32(3)18-24;2*1-18-7-9-19(10-8-18)15-16-26-24(21-5-3-2-4-6-21)25(29)28-22-13-14-23(27-17-22)20-11-12-20/h2*4-12,15-18,26,28H,13-14H2,1-3H3,(H,29,31,33);2*2-10,13-14,17,20,24,26H,11-12,15-16H2,1H3,(H,28,29)/t2*26-;2*24-/m1010/s1. The Kier molecular flexibility index (Phi) is 31.6. The molecule has 124 heavy (non-hydrogen) atoms. The van der Waals surface area contributed by atoms with E-state index in [-0.39, 0.29) is 23.6 Å². The van der Waals surface area contributed by atoms with Gasteiger partial charge in [0.2, 0.25) is 23.6 Å². The summed E-state index contributed by atoms with van der Waals surface area (Å²) >= 11 is 0. The number of hydrogen-bond donors (Lipinski definition) is 8. The van der Waals surface area contributed by atoms with E-state index in [9.17, 15) is 19.2 Å². The molecule has 0 saturated heterocycles. The molecule has 0 radical (unpaired) electrons. The molecule has 4 atom stereocenters. The van der Waals surface area contributed by atoms with Crippen LogP contribution in [0.25, 0.3) is 22.3 Å². The first kappa shape index (κ1) is 88.3. The minimum absolute atomic E-state index is 0.0684. The Morgan fingerprint density at radius 3 is 0.927 bits per heavy atom. The van der Waals surface area contributed by atoms with Crippen LogP contribution < -0.4 is 42.5 Å². The largest absolute Gasteiger partial charge is 0.323 e. The van der Waals surface area contributed by atoms with Gasteiger partial charge in [0.25, 0.3) is 0 Å². The Hall–Kier alpha value is -13.5. The number of aromatic nitrogens is 8. The average Bonchev–Trinajstić information content (AvgIpc) is 1.88. The molecule has 8 aromatic carbocycles. The highest BCUT2D eigenvalue weighted by Gasteiger charge is 2.28. The first-order valence-electron chi connectivity index (χ1n) is 42.8. The highest BCUT2D eigenvalue weighted by atomic mass is 16.2. The van der Waals surface area contributed by atoms with Crippen LogP contribution in [0.5, 0.6) is 0 Å². The molecule has 14 aromatic rings. The quantitative estimate of drug-likeness (QED) is 0.0195. The van der Waals surface area contributed by atoms with E-state index in [1.54, 1.807) is 46.5 Å². The number of benzene rings is 8. The number of amides is 4. The minimum Gasteiger partial charge on any atom is -0.323 e. The molecule has 2 fully saturated rings. The molecule has 632 valence electrons. The summed E-state index contributed by atoms with van der Waals surface area (Å²) in [5.41, 5.74) is 24.0. The SMILES string of the molecule is Cc1ccc(CCN[C@@H](C(=O)Nc2ccc(-c3cnn(C)c3)cn2)c2ccccc2)c(C)c1.Cc1ccc(CCN[C@@H](C(=O)Nc2ccc(C3CC3)nc2)c2ccccc2)cc1.Cc1ccc(CCN[C@H](C(=O)Nc2ccc(-c3cnn(C)c3)cn2)c2ccccc2)c(C)c1.Cc1ccc(CCN[C@H](C(=O)Nc2ccc(C3CC3)nc2)c2ccccc2)cc1. The second kappa shape index (κ2) is 44.3. The lowest BCUT2D eigenvalue weighted by molar-refractivity contribution is -0.119. The summed E-state index contributed by atoms with van der Waals surface area (Å²) in [6.07, 6.45) is 22.8. The molecule has 0 spiro atoms. The van der Waals surface area contributed by atoms with Crippen molar-refractivity contribution in [2.75, 3.05) is 47.4 Å². The maximum atomic E-state index is 13.2. The molecule has 2 saturated carbocycles. The number of carbonyl (C=O) groups is 4. The number of nitrogens with zero attached hydrogens (tertiary/aromatic N) is 8. The van der Waals surface area contributed by atoms with Gasteiger partial charge in [-0.2, -0.15) is 10.2 Å². The molecule has 2 aliphatic carbocycles. The molecular formula is C104H112N16O4. The molecule has 20 nitrogen and oxygen atoms in total. The Morgan fingerprint density at radius 1 is 0.323 bits per heavy atom. The van der Waals surface area contributed by atoms with Crippen molar-refractivity contribution < 1.29 is 19.2 Å². The van der Waals surface area contributed by atoms with Gasteiger partial charge in [0, 0.05) is 111 Å². The van der Waals surface area contributed by atoms with Crippen LogP contribution >= 0.6 is 0 Å². The number of hydrogen-bond acceptors (Lipinski definition) is 14. The molecule has 0 unspecified atom stereocenters. The highest BCUT2D eigenvalue weighted by molar-refractivity contribution is 5.97. The first-order chi connectivity index (χ1) is 60.4. The van der Waals surface area contributed by atoms with Crippen LogP contribution in [0.3, 0.4) is 0 Å². The van der Waals surface area contributed by atoms with Gasteiger partial charge in [-0.3, -0.25) is 38.5 Å². The molecule has 16 rings (SSSR count). The summed E-state index contributed by atoms with van der Waals surface area (Å²) in [7, 11) is 3.75. The third-order valence-electron chi connectivity index (χ3n) is 22.0. The third-order valence-corrected chi connectivity index (χ3v) is 22.0. The second-order valence-corrected chi connectivity index (χ2v) is 32.1. The van der Waals surface area contributed by atoms with Crippen LogP contribution in [0.15, 0.2) is 304 Å². The molecule has 0 aliphatic heterocycles. The molecule has 6 heterocycles. The number of nitrogens with one attached hydrogen (secondary N) is 8. The minimum atomic E-state index is -0.475. The zero-order valence-electron chi connectivity index (χ0n) is 72.0. The smallest absolute Gasteiger partial charge is 0.247 e. The maximum Gasteiger partial charge on any atom is 0.247 e. The average molecular weight is 1650 g/mol. The molecule has 8 N–H and O–H groups in total. The Labute approximate surface area is 728 Å². The summed E-state index contributed by atoms with van der Waals surface area (Å²) in [4.78, 5) is 70.3. The van der Waals surface area contributed by atoms with E-state index in [2.05, 4.69) is 199 Å². The van der Waals surface area contributed by atoms with Crippen molar-refractivity contribution in [3.63, 3.8) is 0 Å². The van der Waals surface area contributed by atoms with Gasteiger partial charge < -0.3 is 42.5 Å². The van der Waals surface area contributed by atoms with Crippen molar-refractivity contribution in [1.82, 2.24) is 60.8 Å². The summed E-state index contributed by atoms with van der Waals surface area (Å²) in [6.45, 7) is 15.4. The fourth-order valence-corrected chi connectivity index (χ4v) is 14.7. The van der Waals surface area contributed by atoms with Crippen LogP contribution in [-0.4, -0.2) is 89.3 Å². The van der Waals surface area contributed by atoms with Crippen molar-refractivity contribution in [3.8, 4) is 22.3 Å². The van der Waals surface area contributed by atoms with Crippen LogP contribution in [0.1, 0.15) is 151 Å². The number of pyridine rings is 4. The number of carbonyl (C=O) groups excluding carboxylic acids is 4. The van der Waals surface area contributed by atoms with E-state index >= 15 is 0 Å². The fraction of sp³-hybridized carbons (Fsp3) is 0.250. The molecule has 6 aromatic heterocycles. The van der Waals surface area contributed by atoms with Gasteiger partial charge in [-0.15, -0.1) is 0 Å². The normalized spacial score (nSPS) is 13.0. The van der Waals surface area contributed by atoms with Crippen LogP contribution in [0.4, 0.5) is 23.0 Å². The topological polar surface area (TPSA) is 252 Å². The van der Waals surface area contributed by atoms with E-state index in [0.717, 1.165) is 106 Å². The van der Waals surface area contributed by atoms with Crippen LogP contribution in [-0.2, 0) is 59.0 Å². The van der Waals surface area contributed by atoms with Gasteiger partial charge in [0.1, 0.15) is 35.8 Å². The van der Waals surface area contributed by atoms with Crippen LogP contribution in [0, 0.1) is 41.5 Å². The van der Waals surface area contributed by atoms with E-state index < -0.39 is 24.2 Å². The molecule has 0 bridgehead atoms. The lowest BCUT2D eigenvalue weighted by Crippen LogP contribution is -2.34. The van der Waals surface area contributed by atoms with Gasteiger partial charge in [-0.05, 0) is 197 Å². The molecule has 2 aliphatic rings. The maximum absolute atomic E-state index is 13.2. The molecule has 4 amide bonds. The monoisotopic (exact) mass is 1650 g/mol. The number of rotatable bonds is 32. The van der Waals surface area contributed by atoms with Crippen molar-refractivity contribution in [2.45, 2.75) is 129 Å². The van der Waals surface area contributed by atoms with E-state index in [1.165, 1.54) is 81.3 Å². The van der Waals surface area contributed by atoms with Gasteiger partial charge in [0.05, 0.1) is 36.2 Å². The van der Waals surface area contributed by atoms with Crippen molar-refractivity contribution >= 4 is 46.6 Å². The molecular weight excluding hydrogens is 1540 g/mol.